The van der Waals surface area contributed by atoms with Crippen molar-refractivity contribution in [1.29, 1.82) is 0 Å². The zero-order valence-electron chi connectivity index (χ0n) is 15.5. The molecule has 1 aliphatic rings. The van der Waals surface area contributed by atoms with Gasteiger partial charge in [-0.15, -0.1) is 11.8 Å². The molecule has 0 N–H and O–H groups in total. The number of likely N-dealkylation sites (N-methyl/N-ethyl adjacent to an activating group) is 1. The van der Waals surface area contributed by atoms with Crippen LogP contribution in [0, 0.1) is 0 Å². The van der Waals surface area contributed by atoms with E-state index in [-0.39, 0.29) is 24.5 Å². The first-order valence-corrected chi connectivity index (χ1v) is 10.0. The lowest BCUT2D eigenvalue weighted by molar-refractivity contribution is -0.144. The summed E-state index contributed by atoms with van der Waals surface area (Å²) >= 11 is 1.61. The van der Waals surface area contributed by atoms with Crippen LogP contribution in [0.25, 0.3) is 0 Å². The Kier molecular flexibility index (Phi) is 7.17. The van der Waals surface area contributed by atoms with Crippen molar-refractivity contribution in [3.63, 3.8) is 0 Å². The van der Waals surface area contributed by atoms with Crippen LogP contribution < -0.4 is 4.74 Å². The van der Waals surface area contributed by atoms with E-state index < -0.39 is 0 Å². The molecule has 0 spiro atoms. The SMILES string of the molecule is CCN(CC)C(=O)C1CSCN1C(=O)COc1ccc(C(C)C)cc1. The van der Waals surface area contributed by atoms with E-state index in [9.17, 15) is 9.59 Å². The van der Waals surface area contributed by atoms with Gasteiger partial charge in [0.05, 0.1) is 5.88 Å². The van der Waals surface area contributed by atoms with Crippen molar-refractivity contribution in [3.05, 3.63) is 29.8 Å². The highest BCUT2D eigenvalue weighted by Gasteiger charge is 2.36. The minimum absolute atomic E-state index is 0.0321. The third-order valence-corrected chi connectivity index (χ3v) is 5.48. The van der Waals surface area contributed by atoms with Crippen molar-refractivity contribution in [2.45, 2.75) is 39.7 Å². The highest BCUT2D eigenvalue weighted by molar-refractivity contribution is 7.99. The molecule has 1 aromatic rings. The average Bonchev–Trinajstić information content (AvgIpc) is 3.10. The first-order chi connectivity index (χ1) is 12.0. The summed E-state index contributed by atoms with van der Waals surface area (Å²) in [5, 5.41) is 0. The fourth-order valence-corrected chi connectivity index (χ4v) is 3.99. The molecule has 25 heavy (non-hydrogen) atoms. The van der Waals surface area contributed by atoms with Gasteiger partial charge in [0.25, 0.3) is 5.91 Å². The molecular weight excluding hydrogens is 336 g/mol. The first kappa shape index (κ1) is 19.6. The predicted octanol–water partition coefficient (Wildman–Crippen LogP) is 2.96. The van der Waals surface area contributed by atoms with Gasteiger partial charge in [-0.3, -0.25) is 9.59 Å². The predicted molar refractivity (Wildman–Crippen MR) is 102 cm³/mol. The first-order valence-electron chi connectivity index (χ1n) is 8.86. The van der Waals surface area contributed by atoms with Crippen LogP contribution in [0.2, 0.25) is 0 Å². The van der Waals surface area contributed by atoms with Gasteiger partial charge in [-0.05, 0) is 37.5 Å². The van der Waals surface area contributed by atoms with Crippen LogP contribution in [0.4, 0.5) is 0 Å². The lowest BCUT2D eigenvalue weighted by Crippen LogP contribution is -2.50. The van der Waals surface area contributed by atoms with E-state index in [0.29, 0.717) is 36.4 Å². The second-order valence-corrected chi connectivity index (χ2v) is 7.40. The minimum Gasteiger partial charge on any atom is -0.484 e. The van der Waals surface area contributed by atoms with Gasteiger partial charge in [-0.25, -0.2) is 0 Å². The Labute approximate surface area is 154 Å². The van der Waals surface area contributed by atoms with Crippen LogP contribution in [0.3, 0.4) is 0 Å². The molecule has 5 nitrogen and oxygen atoms in total. The Balaban J connectivity index is 1.94. The van der Waals surface area contributed by atoms with Crippen molar-refractivity contribution in [1.82, 2.24) is 9.80 Å². The molecule has 1 atom stereocenters. The molecule has 2 amide bonds. The number of amides is 2. The molecule has 138 valence electrons. The maximum atomic E-state index is 12.6. The maximum Gasteiger partial charge on any atom is 0.261 e. The van der Waals surface area contributed by atoms with Gasteiger partial charge in [0, 0.05) is 18.8 Å². The number of hydrogen-bond acceptors (Lipinski definition) is 4. The summed E-state index contributed by atoms with van der Waals surface area (Å²) in [6.07, 6.45) is 0. The summed E-state index contributed by atoms with van der Waals surface area (Å²) in [6, 6.07) is 7.44. The van der Waals surface area contributed by atoms with Crippen LogP contribution in [-0.4, -0.2) is 59.0 Å². The molecule has 1 heterocycles. The Morgan fingerprint density at radius 3 is 2.44 bits per heavy atom. The monoisotopic (exact) mass is 364 g/mol. The third-order valence-electron chi connectivity index (χ3n) is 4.47. The minimum atomic E-state index is -0.371. The van der Waals surface area contributed by atoms with E-state index in [4.69, 9.17) is 4.74 Å². The summed E-state index contributed by atoms with van der Waals surface area (Å²) in [6.45, 7) is 9.48. The van der Waals surface area contributed by atoms with Gasteiger partial charge >= 0.3 is 0 Å². The van der Waals surface area contributed by atoms with E-state index in [0.717, 1.165) is 0 Å². The smallest absolute Gasteiger partial charge is 0.261 e. The van der Waals surface area contributed by atoms with Crippen molar-refractivity contribution in [2.75, 3.05) is 31.3 Å². The zero-order valence-corrected chi connectivity index (χ0v) is 16.3. The second kappa shape index (κ2) is 9.13. The zero-order chi connectivity index (χ0) is 18.4. The van der Waals surface area contributed by atoms with Crippen LogP contribution in [-0.2, 0) is 9.59 Å². The normalized spacial score (nSPS) is 17.0. The van der Waals surface area contributed by atoms with Gasteiger partial charge in [-0.1, -0.05) is 26.0 Å². The Hall–Kier alpha value is -1.69. The standard InChI is InChI=1S/C19H28N2O3S/c1-5-20(6-2)19(23)17-12-25-13-21(17)18(22)11-24-16-9-7-15(8-10-16)14(3)4/h7-10,14,17H,5-6,11-13H2,1-4H3. The Morgan fingerprint density at radius 2 is 1.88 bits per heavy atom. The summed E-state index contributed by atoms with van der Waals surface area (Å²) in [7, 11) is 0. The summed E-state index contributed by atoms with van der Waals surface area (Å²) in [5.74, 6) is 2.24. The third kappa shape index (κ3) is 4.91. The summed E-state index contributed by atoms with van der Waals surface area (Å²) in [5.41, 5.74) is 1.24. The van der Waals surface area contributed by atoms with Gasteiger partial charge in [0.2, 0.25) is 5.91 Å². The molecule has 0 radical (unpaired) electrons. The van der Waals surface area contributed by atoms with E-state index in [1.807, 2.05) is 38.1 Å². The molecule has 1 unspecified atom stereocenters. The van der Waals surface area contributed by atoms with Gasteiger partial charge in [-0.2, -0.15) is 0 Å². The van der Waals surface area contributed by atoms with Crippen molar-refractivity contribution in [3.8, 4) is 5.75 Å². The van der Waals surface area contributed by atoms with Crippen LogP contribution >= 0.6 is 11.8 Å². The molecule has 1 fully saturated rings. The number of ether oxygens (including phenoxy) is 1. The fraction of sp³-hybridized carbons (Fsp3) is 0.579. The summed E-state index contributed by atoms with van der Waals surface area (Å²) < 4.78 is 5.63. The second-order valence-electron chi connectivity index (χ2n) is 6.40. The van der Waals surface area contributed by atoms with Crippen molar-refractivity contribution < 1.29 is 14.3 Å². The largest absolute Gasteiger partial charge is 0.484 e. The molecule has 6 heteroatoms. The van der Waals surface area contributed by atoms with E-state index in [2.05, 4.69) is 13.8 Å². The molecule has 0 bridgehead atoms. The van der Waals surface area contributed by atoms with Crippen molar-refractivity contribution in [2.24, 2.45) is 0 Å². The number of nitrogens with zero attached hydrogens (tertiary/aromatic N) is 2. The maximum absolute atomic E-state index is 12.6. The van der Waals surface area contributed by atoms with Gasteiger partial charge in [0.15, 0.2) is 6.61 Å². The van der Waals surface area contributed by atoms with Crippen LogP contribution in [0.5, 0.6) is 5.75 Å². The number of hydrogen-bond donors (Lipinski definition) is 0. The van der Waals surface area contributed by atoms with E-state index in [1.54, 1.807) is 21.6 Å². The van der Waals surface area contributed by atoms with Crippen LogP contribution in [0.15, 0.2) is 24.3 Å². The van der Waals surface area contributed by atoms with Gasteiger partial charge < -0.3 is 14.5 Å². The Bertz CT molecular complexity index is 585. The fourth-order valence-electron chi connectivity index (χ4n) is 2.82. The number of benzene rings is 1. The lowest BCUT2D eigenvalue weighted by atomic mass is 10.0. The van der Waals surface area contributed by atoms with Crippen LogP contribution in [0.1, 0.15) is 39.2 Å². The topological polar surface area (TPSA) is 49.9 Å². The van der Waals surface area contributed by atoms with E-state index in [1.165, 1.54) is 5.56 Å². The average molecular weight is 365 g/mol. The highest BCUT2D eigenvalue weighted by atomic mass is 32.2. The molecule has 1 saturated heterocycles. The molecule has 2 rings (SSSR count). The summed E-state index contributed by atoms with van der Waals surface area (Å²) in [4.78, 5) is 28.5. The number of rotatable bonds is 7. The molecule has 1 aromatic carbocycles. The molecule has 0 aliphatic carbocycles. The van der Waals surface area contributed by atoms with Crippen molar-refractivity contribution >= 4 is 23.6 Å². The Morgan fingerprint density at radius 1 is 1.24 bits per heavy atom. The van der Waals surface area contributed by atoms with Gasteiger partial charge in [0.1, 0.15) is 11.8 Å². The highest BCUT2D eigenvalue weighted by Crippen LogP contribution is 2.23. The number of thioether (sulfide) groups is 1. The molecule has 0 aromatic heterocycles. The quantitative estimate of drug-likeness (QED) is 0.746. The van der Waals surface area contributed by atoms with E-state index >= 15 is 0 Å². The lowest BCUT2D eigenvalue weighted by Gasteiger charge is -2.28. The number of carbonyl (C=O) groups is 2. The molecular formula is C19H28N2O3S. The molecule has 0 saturated carbocycles. The number of carbonyl (C=O) groups excluding carboxylic acids is 2. The molecule has 1 aliphatic heterocycles.